The third kappa shape index (κ3) is 3.96. The Hall–Kier alpha value is -1.57. The van der Waals surface area contributed by atoms with Crippen LogP contribution in [0.3, 0.4) is 0 Å². The van der Waals surface area contributed by atoms with Crippen LogP contribution in [-0.4, -0.2) is 18.0 Å². The summed E-state index contributed by atoms with van der Waals surface area (Å²) in [4.78, 5) is 4.13. The van der Waals surface area contributed by atoms with Gasteiger partial charge in [-0.2, -0.15) is 0 Å². The molecular weight excluding hydrogens is 312 g/mol. The first-order chi connectivity index (χ1) is 9.91. The van der Waals surface area contributed by atoms with Crippen LogP contribution in [-0.2, 0) is 23.1 Å². The van der Waals surface area contributed by atoms with Gasteiger partial charge in [-0.3, -0.25) is 0 Å². The van der Waals surface area contributed by atoms with Crippen LogP contribution < -0.4 is 10.5 Å². The maximum Gasteiger partial charge on any atom is 0.238 e. The molecule has 0 atom stereocenters. The molecule has 0 aliphatic heterocycles. The molecule has 0 saturated carbocycles. The monoisotopic (exact) mass is 328 g/mol. The van der Waals surface area contributed by atoms with Crippen molar-refractivity contribution >= 4 is 27.3 Å². The first-order valence-electron chi connectivity index (χ1n) is 6.47. The fourth-order valence-corrected chi connectivity index (χ4v) is 2.66. The van der Waals surface area contributed by atoms with Crippen molar-refractivity contribution in [2.45, 2.75) is 31.3 Å². The predicted molar refractivity (Wildman–Crippen MR) is 82.7 cm³/mol. The molecule has 0 aliphatic rings. The summed E-state index contributed by atoms with van der Waals surface area (Å²) in [5.74, 6) is 0. The van der Waals surface area contributed by atoms with Gasteiger partial charge in [0.25, 0.3) is 0 Å². The van der Waals surface area contributed by atoms with Crippen molar-refractivity contribution in [3.63, 3.8) is 0 Å². The fraction of sp³-hybridized carbons (Fsp3) is 0.308. The number of halogens is 1. The summed E-state index contributed by atoms with van der Waals surface area (Å²) in [7, 11) is -3.75. The summed E-state index contributed by atoms with van der Waals surface area (Å²) in [5.41, 5.74) is 1.52. The Morgan fingerprint density at radius 3 is 2.86 bits per heavy atom. The highest BCUT2D eigenvalue weighted by Crippen LogP contribution is 2.25. The van der Waals surface area contributed by atoms with Gasteiger partial charge in [-0.25, -0.2) is 18.5 Å². The summed E-state index contributed by atoms with van der Waals surface area (Å²) >= 11 is 6.07. The summed E-state index contributed by atoms with van der Waals surface area (Å²) in [6, 6.07) is 4.31. The number of aromatic nitrogens is 2. The Labute approximate surface area is 129 Å². The molecule has 0 spiro atoms. The van der Waals surface area contributed by atoms with Crippen LogP contribution in [0, 0.1) is 0 Å². The fourth-order valence-electron chi connectivity index (χ4n) is 1.94. The van der Waals surface area contributed by atoms with Crippen molar-refractivity contribution in [3.8, 4) is 0 Å². The van der Waals surface area contributed by atoms with Crippen LogP contribution in [0.25, 0.3) is 0 Å². The van der Waals surface area contributed by atoms with Gasteiger partial charge in [-0.1, -0.05) is 18.5 Å². The van der Waals surface area contributed by atoms with Crippen LogP contribution in [0.1, 0.15) is 19.0 Å². The van der Waals surface area contributed by atoms with Crippen molar-refractivity contribution in [2.75, 3.05) is 5.32 Å². The van der Waals surface area contributed by atoms with Crippen molar-refractivity contribution in [2.24, 2.45) is 5.14 Å². The standard InChI is InChI=1S/C13H17ClN4O2S/c1-2-5-18-9-16-7-10(18)8-17-13-6-11(21(15,19)20)3-4-12(13)14/h3-4,6-7,9,17H,2,5,8H2,1H3,(H2,15,19,20). The number of aryl methyl sites for hydroxylation is 1. The Bertz CT molecular complexity index is 728. The van der Waals surface area contributed by atoms with E-state index in [1.165, 1.54) is 18.2 Å². The van der Waals surface area contributed by atoms with E-state index >= 15 is 0 Å². The van der Waals surface area contributed by atoms with E-state index in [-0.39, 0.29) is 4.90 Å². The second-order valence-corrected chi connectivity index (χ2v) is 6.59. The largest absolute Gasteiger partial charge is 0.378 e. The number of anilines is 1. The van der Waals surface area contributed by atoms with Crippen molar-refractivity contribution in [1.29, 1.82) is 0 Å². The number of nitrogens with two attached hydrogens (primary N) is 1. The third-order valence-corrected chi connectivity index (χ3v) is 4.23. The highest BCUT2D eigenvalue weighted by molar-refractivity contribution is 7.89. The summed E-state index contributed by atoms with van der Waals surface area (Å²) in [6.07, 6.45) is 4.54. The van der Waals surface area contributed by atoms with Crippen LogP contribution in [0.2, 0.25) is 5.02 Å². The molecule has 2 rings (SSSR count). The molecule has 3 N–H and O–H groups in total. The maximum atomic E-state index is 11.4. The first kappa shape index (κ1) is 15.8. The van der Waals surface area contributed by atoms with Crippen molar-refractivity contribution in [3.05, 3.63) is 41.4 Å². The lowest BCUT2D eigenvalue weighted by Crippen LogP contribution is -2.13. The van der Waals surface area contributed by atoms with Gasteiger partial charge < -0.3 is 9.88 Å². The molecule has 0 aliphatic carbocycles. The van der Waals surface area contributed by atoms with Crippen LogP contribution in [0.15, 0.2) is 35.6 Å². The number of primary sulfonamides is 1. The second kappa shape index (κ2) is 6.46. The molecule has 0 radical (unpaired) electrons. The zero-order valence-electron chi connectivity index (χ0n) is 11.6. The number of imidazole rings is 1. The van der Waals surface area contributed by atoms with Gasteiger partial charge in [0.05, 0.1) is 34.2 Å². The number of hydrogen-bond acceptors (Lipinski definition) is 4. The number of nitrogens with zero attached hydrogens (tertiary/aromatic N) is 2. The van der Waals surface area contributed by atoms with E-state index in [4.69, 9.17) is 16.7 Å². The molecule has 6 nitrogen and oxygen atoms in total. The second-order valence-electron chi connectivity index (χ2n) is 4.62. The molecular formula is C13H17ClN4O2S. The maximum absolute atomic E-state index is 11.4. The Kier molecular flexibility index (Phi) is 4.87. The smallest absolute Gasteiger partial charge is 0.238 e. The van der Waals surface area contributed by atoms with Gasteiger partial charge in [0.15, 0.2) is 0 Å². The SMILES string of the molecule is CCCn1cncc1CNc1cc(S(N)(=O)=O)ccc1Cl. The topological polar surface area (TPSA) is 90.0 Å². The highest BCUT2D eigenvalue weighted by atomic mass is 35.5. The number of nitrogens with one attached hydrogen (secondary N) is 1. The number of hydrogen-bond donors (Lipinski definition) is 2. The van der Waals surface area contributed by atoms with Gasteiger partial charge in [0, 0.05) is 12.7 Å². The van der Waals surface area contributed by atoms with E-state index in [9.17, 15) is 8.42 Å². The number of rotatable bonds is 6. The molecule has 0 fully saturated rings. The number of sulfonamides is 1. The lowest BCUT2D eigenvalue weighted by atomic mass is 10.3. The minimum atomic E-state index is -3.75. The van der Waals surface area contributed by atoms with E-state index in [1.807, 2.05) is 4.57 Å². The molecule has 114 valence electrons. The Morgan fingerprint density at radius 1 is 1.43 bits per heavy atom. The Morgan fingerprint density at radius 2 is 2.19 bits per heavy atom. The molecule has 0 saturated heterocycles. The third-order valence-electron chi connectivity index (χ3n) is 2.99. The van der Waals surface area contributed by atoms with Crippen LogP contribution >= 0.6 is 11.6 Å². The van der Waals surface area contributed by atoms with Crippen molar-refractivity contribution < 1.29 is 8.42 Å². The van der Waals surface area contributed by atoms with E-state index in [0.29, 0.717) is 17.3 Å². The van der Waals surface area contributed by atoms with Gasteiger partial charge in [0.2, 0.25) is 10.0 Å². The quantitative estimate of drug-likeness (QED) is 0.850. The van der Waals surface area contributed by atoms with Crippen molar-refractivity contribution in [1.82, 2.24) is 9.55 Å². The molecule has 0 amide bonds. The van der Waals surface area contributed by atoms with Gasteiger partial charge in [0.1, 0.15) is 0 Å². The van der Waals surface area contributed by atoms with E-state index in [1.54, 1.807) is 12.5 Å². The van der Waals surface area contributed by atoms with Crippen LogP contribution in [0.4, 0.5) is 5.69 Å². The minimum absolute atomic E-state index is 0.0245. The molecule has 2 aromatic rings. The van der Waals surface area contributed by atoms with E-state index in [0.717, 1.165) is 18.7 Å². The molecule has 21 heavy (non-hydrogen) atoms. The molecule has 0 unspecified atom stereocenters. The van der Waals surface area contributed by atoms with E-state index < -0.39 is 10.0 Å². The lowest BCUT2D eigenvalue weighted by Gasteiger charge is -2.11. The summed E-state index contributed by atoms with van der Waals surface area (Å²) in [5, 5.41) is 8.67. The van der Waals surface area contributed by atoms with E-state index in [2.05, 4.69) is 17.2 Å². The summed E-state index contributed by atoms with van der Waals surface area (Å²) in [6.45, 7) is 3.46. The normalized spacial score (nSPS) is 11.6. The Balaban J connectivity index is 2.18. The lowest BCUT2D eigenvalue weighted by molar-refractivity contribution is 0.598. The molecule has 1 aromatic carbocycles. The molecule has 1 heterocycles. The zero-order valence-corrected chi connectivity index (χ0v) is 13.2. The summed E-state index contributed by atoms with van der Waals surface area (Å²) < 4.78 is 24.8. The highest BCUT2D eigenvalue weighted by Gasteiger charge is 2.11. The van der Waals surface area contributed by atoms with Gasteiger partial charge >= 0.3 is 0 Å². The average molecular weight is 329 g/mol. The molecule has 1 aromatic heterocycles. The first-order valence-corrected chi connectivity index (χ1v) is 8.39. The van der Waals surface area contributed by atoms with Gasteiger partial charge in [-0.15, -0.1) is 0 Å². The van der Waals surface area contributed by atoms with Gasteiger partial charge in [-0.05, 0) is 24.6 Å². The molecule has 8 heteroatoms. The average Bonchev–Trinajstić information content (AvgIpc) is 2.84. The predicted octanol–water partition coefficient (Wildman–Crippen LogP) is 2.21. The minimum Gasteiger partial charge on any atom is -0.378 e. The zero-order chi connectivity index (χ0) is 15.5. The van der Waals surface area contributed by atoms with Crippen LogP contribution in [0.5, 0.6) is 0 Å². The number of benzene rings is 1. The molecule has 0 bridgehead atoms.